The Bertz CT molecular complexity index is 510. The standard InChI is InChI=1S/C13H14ClN3O2/c14-11-6-3-4-9(15-11)8-17-12(18)10-5-1-2-7-16(10)13(17)19/h3-4,6,10H,1-2,5,7-8H2/t10-/m0/s1. The lowest BCUT2D eigenvalue weighted by Gasteiger charge is -2.26. The highest BCUT2D eigenvalue weighted by molar-refractivity contribution is 6.29. The fourth-order valence-electron chi connectivity index (χ4n) is 2.69. The van der Waals surface area contributed by atoms with Gasteiger partial charge in [0.25, 0.3) is 5.91 Å². The summed E-state index contributed by atoms with van der Waals surface area (Å²) in [6, 6.07) is 4.74. The van der Waals surface area contributed by atoms with Crippen molar-refractivity contribution in [3.05, 3.63) is 29.0 Å². The summed E-state index contributed by atoms with van der Waals surface area (Å²) in [5, 5.41) is 0.370. The minimum absolute atomic E-state index is 0.105. The first-order valence-corrected chi connectivity index (χ1v) is 6.78. The molecule has 19 heavy (non-hydrogen) atoms. The van der Waals surface area contributed by atoms with E-state index in [0.29, 0.717) is 17.4 Å². The lowest BCUT2D eigenvalue weighted by molar-refractivity contribution is -0.129. The van der Waals surface area contributed by atoms with Crippen molar-refractivity contribution in [1.29, 1.82) is 0 Å². The van der Waals surface area contributed by atoms with E-state index in [1.807, 2.05) is 0 Å². The van der Waals surface area contributed by atoms with E-state index in [4.69, 9.17) is 11.6 Å². The van der Waals surface area contributed by atoms with Gasteiger partial charge < -0.3 is 4.90 Å². The number of hydrogen-bond donors (Lipinski definition) is 0. The first-order valence-electron chi connectivity index (χ1n) is 6.40. The van der Waals surface area contributed by atoms with E-state index in [1.165, 1.54) is 4.90 Å². The average Bonchev–Trinajstić information content (AvgIpc) is 2.65. The van der Waals surface area contributed by atoms with Crippen LogP contribution in [0.3, 0.4) is 0 Å². The Morgan fingerprint density at radius 3 is 2.89 bits per heavy atom. The van der Waals surface area contributed by atoms with Gasteiger partial charge in [0.05, 0.1) is 12.2 Å². The van der Waals surface area contributed by atoms with Gasteiger partial charge in [-0.2, -0.15) is 0 Å². The number of carbonyl (C=O) groups is 2. The zero-order chi connectivity index (χ0) is 13.4. The predicted octanol–water partition coefficient (Wildman–Crippen LogP) is 2.05. The fourth-order valence-corrected chi connectivity index (χ4v) is 2.87. The fraction of sp³-hybridized carbons (Fsp3) is 0.462. The van der Waals surface area contributed by atoms with E-state index in [1.54, 1.807) is 23.1 Å². The molecule has 2 aliphatic rings. The van der Waals surface area contributed by atoms with Crippen LogP contribution >= 0.6 is 11.6 Å². The Morgan fingerprint density at radius 2 is 2.16 bits per heavy atom. The van der Waals surface area contributed by atoms with Crippen LogP contribution in [-0.4, -0.2) is 39.3 Å². The summed E-state index contributed by atoms with van der Waals surface area (Å²) in [6.45, 7) is 0.875. The van der Waals surface area contributed by atoms with E-state index in [-0.39, 0.29) is 24.5 Å². The highest BCUT2D eigenvalue weighted by Gasteiger charge is 2.45. The minimum atomic E-state index is -0.263. The van der Waals surface area contributed by atoms with Crippen molar-refractivity contribution in [2.24, 2.45) is 0 Å². The minimum Gasteiger partial charge on any atom is -0.312 e. The molecular formula is C13H14ClN3O2. The lowest BCUT2D eigenvalue weighted by Crippen LogP contribution is -2.38. The van der Waals surface area contributed by atoms with Crippen LogP contribution in [0.15, 0.2) is 18.2 Å². The zero-order valence-electron chi connectivity index (χ0n) is 10.4. The Labute approximate surface area is 116 Å². The van der Waals surface area contributed by atoms with Gasteiger partial charge in [-0.05, 0) is 31.4 Å². The van der Waals surface area contributed by atoms with Crippen molar-refractivity contribution >= 4 is 23.5 Å². The molecule has 0 N–H and O–H groups in total. The molecule has 5 nitrogen and oxygen atoms in total. The number of carbonyl (C=O) groups excluding carboxylic acids is 2. The molecule has 2 aliphatic heterocycles. The molecule has 2 saturated heterocycles. The third-order valence-electron chi connectivity index (χ3n) is 3.62. The van der Waals surface area contributed by atoms with Crippen molar-refractivity contribution in [1.82, 2.24) is 14.8 Å². The Balaban J connectivity index is 1.81. The molecule has 0 radical (unpaired) electrons. The van der Waals surface area contributed by atoms with Crippen molar-refractivity contribution in [2.75, 3.05) is 6.54 Å². The number of nitrogens with zero attached hydrogens (tertiary/aromatic N) is 3. The molecule has 0 saturated carbocycles. The molecule has 1 aromatic heterocycles. The number of rotatable bonds is 2. The van der Waals surface area contributed by atoms with Crippen molar-refractivity contribution in [3.63, 3.8) is 0 Å². The van der Waals surface area contributed by atoms with E-state index in [2.05, 4.69) is 4.98 Å². The maximum atomic E-state index is 12.2. The highest BCUT2D eigenvalue weighted by atomic mass is 35.5. The molecule has 1 atom stereocenters. The number of hydrogen-bond acceptors (Lipinski definition) is 3. The molecular weight excluding hydrogens is 266 g/mol. The van der Waals surface area contributed by atoms with Gasteiger partial charge in [0, 0.05) is 6.54 Å². The maximum absolute atomic E-state index is 12.2. The van der Waals surface area contributed by atoms with Gasteiger partial charge >= 0.3 is 6.03 Å². The summed E-state index contributed by atoms with van der Waals surface area (Å²) in [5.41, 5.74) is 0.633. The van der Waals surface area contributed by atoms with Crippen LogP contribution in [0.2, 0.25) is 5.15 Å². The number of amides is 3. The summed E-state index contributed by atoms with van der Waals surface area (Å²) in [4.78, 5) is 31.5. The largest absolute Gasteiger partial charge is 0.327 e. The van der Waals surface area contributed by atoms with E-state index in [9.17, 15) is 9.59 Å². The number of aromatic nitrogens is 1. The quantitative estimate of drug-likeness (QED) is 0.615. The molecule has 0 unspecified atom stereocenters. The van der Waals surface area contributed by atoms with Gasteiger partial charge in [-0.25, -0.2) is 9.78 Å². The van der Waals surface area contributed by atoms with Crippen LogP contribution in [0, 0.1) is 0 Å². The number of piperidine rings is 1. The highest BCUT2D eigenvalue weighted by Crippen LogP contribution is 2.27. The molecule has 3 rings (SSSR count). The molecule has 0 bridgehead atoms. The Morgan fingerprint density at radius 1 is 1.32 bits per heavy atom. The number of pyridine rings is 1. The third-order valence-corrected chi connectivity index (χ3v) is 3.83. The summed E-state index contributed by atoms with van der Waals surface area (Å²) in [6.07, 6.45) is 2.74. The van der Waals surface area contributed by atoms with Crippen LogP contribution in [0.1, 0.15) is 25.0 Å². The third kappa shape index (κ3) is 2.18. The number of urea groups is 1. The van der Waals surface area contributed by atoms with Crippen LogP contribution < -0.4 is 0 Å². The van der Waals surface area contributed by atoms with Crippen molar-refractivity contribution < 1.29 is 9.59 Å². The summed E-state index contributed by atoms with van der Waals surface area (Å²) in [5.74, 6) is -0.105. The second-order valence-electron chi connectivity index (χ2n) is 4.86. The van der Waals surface area contributed by atoms with Gasteiger partial charge in [-0.3, -0.25) is 9.69 Å². The van der Waals surface area contributed by atoms with Crippen LogP contribution in [0.4, 0.5) is 4.79 Å². The van der Waals surface area contributed by atoms with Crippen LogP contribution in [0.5, 0.6) is 0 Å². The molecule has 100 valence electrons. The second-order valence-corrected chi connectivity index (χ2v) is 5.25. The normalized spacial score (nSPS) is 22.9. The molecule has 0 aromatic carbocycles. The van der Waals surface area contributed by atoms with E-state index < -0.39 is 0 Å². The first kappa shape index (κ1) is 12.4. The van der Waals surface area contributed by atoms with Crippen LogP contribution in [0.25, 0.3) is 0 Å². The van der Waals surface area contributed by atoms with Gasteiger partial charge in [0.1, 0.15) is 11.2 Å². The van der Waals surface area contributed by atoms with Gasteiger partial charge in [0.2, 0.25) is 0 Å². The van der Waals surface area contributed by atoms with Gasteiger partial charge in [0.15, 0.2) is 0 Å². The topological polar surface area (TPSA) is 53.5 Å². The Kier molecular flexibility index (Phi) is 3.14. The molecule has 0 aliphatic carbocycles. The monoisotopic (exact) mass is 279 g/mol. The first-order chi connectivity index (χ1) is 9.16. The maximum Gasteiger partial charge on any atom is 0.327 e. The van der Waals surface area contributed by atoms with E-state index in [0.717, 1.165) is 19.3 Å². The van der Waals surface area contributed by atoms with E-state index >= 15 is 0 Å². The average molecular weight is 280 g/mol. The van der Waals surface area contributed by atoms with Gasteiger partial charge in [-0.15, -0.1) is 0 Å². The molecule has 3 amide bonds. The number of halogens is 1. The molecule has 6 heteroatoms. The smallest absolute Gasteiger partial charge is 0.312 e. The second kappa shape index (κ2) is 4.81. The molecule has 3 heterocycles. The van der Waals surface area contributed by atoms with Crippen molar-refractivity contribution in [2.45, 2.75) is 31.8 Å². The Hall–Kier alpha value is -1.62. The summed E-state index contributed by atoms with van der Waals surface area (Å²) in [7, 11) is 0. The number of fused-ring (bicyclic) bond motifs is 1. The SMILES string of the molecule is O=C1[C@@H]2CCCCN2C(=O)N1Cc1cccc(Cl)n1. The van der Waals surface area contributed by atoms with Crippen LogP contribution in [-0.2, 0) is 11.3 Å². The molecule has 2 fully saturated rings. The van der Waals surface area contributed by atoms with Gasteiger partial charge in [-0.1, -0.05) is 17.7 Å². The lowest BCUT2D eigenvalue weighted by atomic mass is 10.0. The summed E-state index contributed by atoms with van der Waals surface area (Å²) < 4.78 is 0. The zero-order valence-corrected chi connectivity index (χ0v) is 11.1. The van der Waals surface area contributed by atoms with Crippen molar-refractivity contribution in [3.8, 4) is 0 Å². The molecule has 0 spiro atoms. The summed E-state index contributed by atoms with van der Waals surface area (Å²) >= 11 is 5.82. The predicted molar refractivity (Wildman–Crippen MR) is 69.5 cm³/mol. The molecule has 1 aromatic rings. The number of imide groups is 1.